The minimum atomic E-state index is -3.16. The molecule has 0 unspecified atom stereocenters. The summed E-state index contributed by atoms with van der Waals surface area (Å²) in [6.07, 6.45) is 0. The van der Waals surface area contributed by atoms with E-state index < -0.39 is 7.14 Å². The predicted molar refractivity (Wildman–Crippen MR) is 128 cm³/mol. The molecule has 1 heterocycles. The summed E-state index contributed by atoms with van der Waals surface area (Å²) in [4.78, 5) is 4.75. The number of aromatic nitrogens is 1. The van der Waals surface area contributed by atoms with Crippen LogP contribution in [0.15, 0.2) is 101 Å². The molecule has 0 aliphatic carbocycles. The Bertz CT molecular complexity index is 1380. The number of benzene rings is 4. The van der Waals surface area contributed by atoms with E-state index in [4.69, 9.17) is 9.40 Å². The van der Waals surface area contributed by atoms with Crippen LogP contribution in [-0.2, 0) is 4.57 Å². The van der Waals surface area contributed by atoms with Crippen molar-refractivity contribution in [1.82, 2.24) is 4.98 Å². The van der Waals surface area contributed by atoms with Gasteiger partial charge in [-0.25, -0.2) is 4.98 Å². The van der Waals surface area contributed by atoms with Crippen molar-refractivity contribution in [1.29, 1.82) is 0 Å². The van der Waals surface area contributed by atoms with Gasteiger partial charge in [0.1, 0.15) is 5.52 Å². The van der Waals surface area contributed by atoms with Gasteiger partial charge in [0, 0.05) is 21.5 Å². The number of rotatable bonds is 4. The zero-order chi connectivity index (χ0) is 21.4. The van der Waals surface area contributed by atoms with Crippen molar-refractivity contribution in [2.24, 2.45) is 0 Å². The van der Waals surface area contributed by atoms with Gasteiger partial charge in [-0.3, -0.25) is 0 Å². The molecule has 1 aromatic heterocycles. The first-order valence-electron chi connectivity index (χ1n) is 10.3. The first kappa shape index (κ1) is 19.5. The van der Waals surface area contributed by atoms with Gasteiger partial charge in [0.25, 0.3) is 0 Å². The molecular formula is C27H22NO2P. The molecule has 3 nitrogen and oxygen atoms in total. The quantitative estimate of drug-likeness (QED) is 0.346. The standard InChI is InChI=1S/C27H22NO2P/c1-19-14-16-25-24(17-19)28-27(30-25)23-15-13-20(2)18-26(23)31(29,21-9-5-3-6-10-21)22-11-7-4-8-12-22/h3-18H,1-2H3. The predicted octanol–water partition coefficient (Wildman–Crippen LogP) is 5.75. The molecule has 0 bridgehead atoms. The minimum absolute atomic E-state index is 0.489. The fraction of sp³-hybridized carbons (Fsp3) is 0.0741. The number of fused-ring (bicyclic) bond motifs is 1. The molecule has 0 saturated carbocycles. The second-order valence-corrected chi connectivity index (χ2v) is 10.5. The Morgan fingerprint density at radius 3 is 1.94 bits per heavy atom. The highest BCUT2D eigenvalue weighted by Crippen LogP contribution is 2.45. The molecule has 0 amide bonds. The van der Waals surface area contributed by atoms with Crippen LogP contribution in [0.25, 0.3) is 22.6 Å². The highest BCUT2D eigenvalue weighted by atomic mass is 31.2. The van der Waals surface area contributed by atoms with Gasteiger partial charge in [0.15, 0.2) is 12.7 Å². The average Bonchev–Trinajstić information content (AvgIpc) is 3.22. The summed E-state index contributed by atoms with van der Waals surface area (Å²) >= 11 is 0. The van der Waals surface area contributed by atoms with Crippen molar-refractivity contribution in [3.63, 3.8) is 0 Å². The molecule has 4 heteroatoms. The van der Waals surface area contributed by atoms with E-state index in [2.05, 4.69) is 0 Å². The lowest BCUT2D eigenvalue weighted by Crippen LogP contribution is -2.26. The Labute approximate surface area is 181 Å². The summed E-state index contributed by atoms with van der Waals surface area (Å²) in [6.45, 7) is 4.05. The molecule has 5 rings (SSSR count). The van der Waals surface area contributed by atoms with Crippen LogP contribution in [0.3, 0.4) is 0 Å². The Morgan fingerprint density at radius 1 is 0.710 bits per heavy atom. The maximum Gasteiger partial charge on any atom is 0.228 e. The van der Waals surface area contributed by atoms with Crippen molar-refractivity contribution in [3.05, 3.63) is 108 Å². The van der Waals surface area contributed by atoms with Crippen molar-refractivity contribution >= 4 is 34.2 Å². The van der Waals surface area contributed by atoms with E-state index in [9.17, 15) is 4.57 Å². The molecule has 4 aromatic carbocycles. The van der Waals surface area contributed by atoms with Gasteiger partial charge in [0.2, 0.25) is 5.89 Å². The fourth-order valence-corrected chi connectivity index (χ4v) is 6.87. The zero-order valence-electron chi connectivity index (χ0n) is 17.4. The number of oxazole rings is 1. The topological polar surface area (TPSA) is 43.1 Å². The summed E-state index contributed by atoms with van der Waals surface area (Å²) in [5.74, 6) is 0.489. The van der Waals surface area contributed by atoms with Crippen LogP contribution in [0, 0.1) is 13.8 Å². The van der Waals surface area contributed by atoms with E-state index in [1.165, 1.54) is 0 Å². The SMILES string of the molecule is Cc1ccc(-c2nc3cc(C)ccc3o2)c(P(=O)(c2ccccc2)c2ccccc2)c1. The van der Waals surface area contributed by atoms with Crippen molar-refractivity contribution < 1.29 is 8.98 Å². The number of hydrogen-bond acceptors (Lipinski definition) is 3. The third-order valence-corrected chi connectivity index (χ3v) is 8.60. The van der Waals surface area contributed by atoms with E-state index >= 15 is 0 Å². The van der Waals surface area contributed by atoms with Gasteiger partial charge in [-0.05, 0) is 43.7 Å². The summed E-state index contributed by atoms with van der Waals surface area (Å²) in [5, 5.41) is 2.33. The lowest BCUT2D eigenvalue weighted by atomic mass is 10.1. The monoisotopic (exact) mass is 423 g/mol. The van der Waals surface area contributed by atoms with Crippen LogP contribution < -0.4 is 15.9 Å². The molecule has 0 fully saturated rings. The molecule has 0 radical (unpaired) electrons. The molecule has 0 saturated heterocycles. The Morgan fingerprint density at radius 2 is 1.29 bits per heavy atom. The molecule has 0 aliphatic heterocycles. The Kier molecular flexibility index (Phi) is 4.84. The van der Waals surface area contributed by atoms with E-state index in [0.717, 1.165) is 43.7 Å². The van der Waals surface area contributed by atoms with Crippen LogP contribution in [-0.4, -0.2) is 4.98 Å². The summed E-state index contributed by atoms with van der Waals surface area (Å²) in [5.41, 5.74) is 4.45. The summed E-state index contributed by atoms with van der Waals surface area (Å²) in [6, 6.07) is 31.3. The lowest BCUT2D eigenvalue weighted by molar-refractivity contribution is 0.592. The molecule has 5 aromatic rings. The largest absolute Gasteiger partial charge is 0.436 e. The average molecular weight is 423 g/mol. The van der Waals surface area contributed by atoms with Gasteiger partial charge in [-0.15, -0.1) is 0 Å². The van der Waals surface area contributed by atoms with Crippen LogP contribution in [0.5, 0.6) is 0 Å². The van der Waals surface area contributed by atoms with Gasteiger partial charge < -0.3 is 8.98 Å². The molecule has 0 atom stereocenters. The maximum absolute atomic E-state index is 15.0. The number of nitrogens with zero attached hydrogens (tertiary/aromatic N) is 1. The van der Waals surface area contributed by atoms with E-state index in [1.807, 2.05) is 111 Å². The minimum Gasteiger partial charge on any atom is -0.436 e. The van der Waals surface area contributed by atoms with Crippen molar-refractivity contribution in [2.45, 2.75) is 13.8 Å². The first-order valence-corrected chi connectivity index (χ1v) is 12.0. The number of aryl methyl sites for hydroxylation is 2. The van der Waals surface area contributed by atoms with Crippen LogP contribution in [0.4, 0.5) is 0 Å². The Hall–Kier alpha value is -3.42. The van der Waals surface area contributed by atoms with E-state index in [-0.39, 0.29) is 0 Å². The number of hydrogen-bond donors (Lipinski definition) is 0. The molecule has 0 N–H and O–H groups in total. The molecule has 0 spiro atoms. The molecule has 152 valence electrons. The highest BCUT2D eigenvalue weighted by molar-refractivity contribution is 7.85. The third kappa shape index (κ3) is 3.41. The third-order valence-electron chi connectivity index (χ3n) is 5.51. The van der Waals surface area contributed by atoms with E-state index in [1.54, 1.807) is 0 Å². The maximum atomic E-state index is 15.0. The van der Waals surface area contributed by atoms with Crippen LogP contribution in [0.1, 0.15) is 11.1 Å². The molecule has 0 aliphatic rings. The van der Waals surface area contributed by atoms with Gasteiger partial charge in [-0.1, -0.05) is 78.4 Å². The zero-order valence-corrected chi connectivity index (χ0v) is 18.3. The lowest BCUT2D eigenvalue weighted by Gasteiger charge is -2.22. The first-order chi connectivity index (χ1) is 15.1. The Balaban J connectivity index is 1.82. The smallest absolute Gasteiger partial charge is 0.228 e. The van der Waals surface area contributed by atoms with Gasteiger partial charge in [0.05, 0.1) is 0 Å². The van der Waals surface area contributed by atoms with E-state index in [0.29, 0.717) is 5.89 Å². The van der Waals surface area contributed by atoms with Crippen LogP contribution >= 0.6 is 7.14 Å². The fourth-order valence-electron chi connectivity index (χ4n) is 3.94. The van der Waals surface area contributed by atoms with Gasteiger partial charge >= 0.3 is 0 Å². The highest BCUT2D eigenvalue weighted by Gasteiger charge is 2.33. The molecule has 31 heavy (non-hydrogen) atoms. The molecular weight excluding hydrogens is 401 g/mol. The summed E-state index contributed by atoms with van der Waals surface area (Å²) < 4.78 is 21.1. The second-order valence-electron chi connectivity index (χ2n) is 7.79. The summed E-state index contributed by atoms with van der Waals surface area (Å²) in [7, 11) is -3.16. The van der Waals surface area contributed by atoms with Crippen molar-refractivity contribution in [2.75, 3.05) is 0 Å². The van der Waals surface area contributed by atoms with Crippen LogP contribution in [0.2, 0.25) is 0 Å². The van der Waals surface area contributed by atoms with Crippen molar-refractivity contribution in [3.8, 4) is 11.5 Å². The normalized spacial score (nSPS) is 11.7. The van der Waals surface area contributed by atoms with Gasteiger partial charge in [-0.2, -0.15) is 0 Å². The second kappa shape index (κ2) is 7.68.